The number of nitriles is 1. The van der Waals surface area contributed by atoms with Gasteiger partial charge in [-0.05, 0) is 29.8 Å². The lowest BCUT2D eigenvalue weighted by molar-refractivity contribution is 0.396. The lowest BCUT2D eigenvalue weighted by Crippen LogP contribution is -2.28. The van der Waals surface area contributed by atoms with Crippen molar-refractivity contribution in [1.82, 2.24) is 4.98 Å². The molecule has 2 heterocycles. The van der Waals surface area contributed by atoms with E-state index in [4.69, 9.17) is 10.5 Å². The number of pyridine rings is 1. The maximum absolute atomic E-state index is 13.8. The number of benzene rings is 2. The summed E-state index contributed by atoms with van der Waals surface area (Å²) in [5, 5.41) is 10.1. The van der Waals surface area contributed by atoms with Gasteiger partial charge in [0, 0.05) is 5.39 Å². The Balaban J connectivity index is 2.08. The number of fused-ring (bicyclic) bond motifs is 3. The smallest absolute Gasteiger partial charge is 0.256 e. The van der Waals surface area contributed by atoms with Crippen LogP contribution in [0.3, 0.4) is 0 Å². The molecular weight excluding hydrogens is 340 g/mol. The van der Waals surface area contributed by atoms with Gasteiger partial charge >= 0.3 is 0 Å². The Kier molecular flexibility index (Phi) is 3.48. The first-order valence-electron chi connectivity index (χ1n) is 7.68. The van der Waals surface area contributed by atoms with Gasteiger partial charge in [-0.25, -0.2) is 8.78 Å². The van der Waals surface area contributed by atoms with E-state index in [2.05, 4.69) is 4.98 Å². The summed E-state index contributed by atoms with van der Waals surface area (Å²) in [7, 11) is 0. The molecule has 5 nitrogen and oxygen atoms in total. The number of nitrogens with two attached hydrogens (primary N) is 1. The molecule has 0 saturated heterocycles. The van der Waals surface area contributed by atoms with Crippen molar-refractivity contribution in [2.45, 2.75) is 5.92 Å². The predicted molar refractivity (Wildman–Crippen MR) is 90.2 cm³/mol. The van der Waals surface area contributed by atoms with Crippen LogP contribution >= 0.6 is 0 Å². The lowest BCUT2D eigenvalue weighted by Gasteiger charge is -2.26. The van der Waals surface area contributed by atoms with E-state index in [1.165, 1.54) is 6.07 Å². The number of ether oxygens (including phenoxy) is 1. The highest BCUT2D eigenvalue weighted by atomic mass is 19.2. The molecule has 4 rings (SSSR count). The topological polar surface area (TPSA) is 91.9 Å². The van der Waals surface area contributed by atoms with Crippen molar-refractivity contribution in [3.05, 3.63) is 87.0 Å². The number of rotatable bonds is 1. The van der Waals surface area contributed by atoms with E-state index in [-0.39, 0.29) is 28.3 Å². The summed E-state index contributed by atoms with van der Waals surface area (Å²) in [6.45, 7) is 0. The largest absolute Gasteiger partial charge is 0.439 e. The van der Waals surface area contributed by atoms with Gasteiger partial charge in [-0.1, -0.05) is 18.2 Å². The van der Waals surface area contributed by atoms with Gasteiger partial charge in [0.15, 0.2) is 11.6 Å². The Hall–Kier alpha value is -3.66. The van der Waals surface area contributed by atoms with E-state index in [0.717, 1.165) is 12.1 Å². The number of para-hydroxylation sites is 1. The molecule has 0 radical (unpaired) electrons. The van der Waals surface area contributed by atoms with Gasteiger partial charge in [0.05, 0.1) is 17.0 Å². The summed E-state index contributed by atoms with van der Waals surface area (Å²) in [4.78, 5) is 15.4. The number of allylic oxidation sites excluding steroid dienone is 1. The zero-order valence-electron chi connectivity index (χ0n) is 13.2. The second-order valence-electron chi connectivity index (χ2n) is 5.84. The molecule has 0 amide bonds. The molecule has 128 valence electrons. The van der Waals surface area contributed by atoms with E-state index in [1.807, 2.05) is 6.07 Å². The first-order valence-corrected chi connectivity index (χ1v) is 7.68. The average Bonchev–Trinajstić information content (AvgIpc) is 2.63. The normalized spacial score (nSPS) is 16.1. The molecule has 0 aliphatic carbocycles. The van der Waals surface area contributed by atoms with Crippen molar-refractivity contribution >= 4 is 10.9 Å². The molecule has 2 aromatic carbocycles. The zero-order chi connectivity index (χ0) is 18.4. The standard InChI is InChI=1S/C19H11F2N3O2/c20-12-6-5-9(7-13(12)21)15-11(8-22)18(23)26-17-10-3-1-2-4-14(10)24-19(25)16(15)17/h1-7,15H,23H2,(H,24,25). The highest BCUT2D eigenvalue weighted by molar-refractivity contribution is 5.87. The minimum absolute atomic E-state index is 0.0377. The van der Waals surface area contributed by atoms with Crippen LogP contribution in [-0.4, -0.2) is 4.98 Å². The molecule has 0 bridgehead atoms. The third kappa shape index (κ3) is 2.24. The van der Waals surface area contributed by atoms with E-state index in [1.54, 1.807) is 24.3 Å². The first kappa shape index (κ1) is 15.8. The van der Waals surface area contributed by atoms with Crippen LogP contribution in [0.4, 0.5) is 8.78 Å². The number of H-pyrrole nitrogens is 1. The highest BCUT2D eigenvalue weighted by Gasteiger charge is 2.34. The van der Waals surface area contributed by atoms with Gasteiger partial charge in [-0.15, -0.1) is 0 Å². The highest BCUT2D eigenvalue weighted by Crippen LogP contribution is 2.43. The van der Waals surface area contributed by atoms with Gasteiger partial charge < -0.3 is 15.5 Å². The Labute approximate surface area is 145 Å². The Morgan fingerprint density at radius 1 is 1.15 bits per heavy atom. The summed E-state index contributed by atoms with van der Waals surface area (Å²) < 4.78 is 32.7. The van der Waals surface area contributed by atoms with Gasteiger partial charge in [0.25, 0.3) is 5.56 Å². The summed E-state index contributed by atoms with van der Waals surface area (Å²) in [6.07, 6.45) is 0. The number of aromatic amines is 1. The van der Waals surface area contributed by atoms with Crippen LogP contribution in [0.5, 0.6) is 5.75 Å². The summed E-state index contributed by atoms with van der Waals surface area (Å²) in [5.74, 6) is -3.04. The summed E-state index contributed by atoms with van der Waals surface area (Å²) in [6, 6.07) is 12.1. The van der Waals surface area contributed by atoms with Crippen LogP contribution in [0, 0.1) is 23.0 Å². The number of nitrogens with zero attached hydrogens (tertiary/aromatic N) is 1. The SMILES string of the molecule is N#CC1=C(N)Oc2c(c(=O)[nH]c3ccccc23)C1c1ccc(F)c(F)c1. The zero-order valence-corrected chi connectivity index (χ0v) is 13.2. The monoisotopic (exact) mass is 351 g/mol. The average molecular weight is 351 g/mol. The lowest BCUT2D eigenvalue weighted by atomic mass is 9.83. The van der Waals surface area contributed by atoms with Crippen molar-refractivity contribution in [3.63, 3.8) is 0 Å². The molecule has 0 saturated carbocycles. The molecule has 3 aromatic rings. The first-order chi connectivity index (χ1) is 12.5. The Bertz CT molecular complexity index is 1190. The van der Waals surface area contributed by atoms with Gasteiger partial charge in [0.2, 0.25) is 5.88 Å². The van der Waals surface area contributed by atoms with Crippen molar-refractivity contribution in [2.24, 2.45) is 5.73 Å². The Morgan fingerprint density at radius 3 is 2.65 bits per heavy atom. The number of aromatic nitrogens is 1. The van der Waals surface area contributed by atoms with E-state index in [9.17, 15) is 18.8 Å². The fourth-order valence-corrected chi connectivity index (χ4v) is 3.20. The van der Waals surface area contributed by atoms with Crippen LogP contribution in [0.15, 0.2) is 58.7 Å². The van der Waals surface area contributed by atoms with Crippen molar-refractivity contribution < 1.29 is 13.5 Å². The molecule has 1 atom stereocenters. The molecule has 1 aliphatic heterocycles. The van der Waals surface area contributed by atoms with Crippen LogP contribution in [0.1, 0.15) is 17.0 Å². The molecule has 26 heavy (non-hydrogen) atoms. The number of nitrogens with one attached hydrogen (secondary N) is 1. The maximum Gasteiger partial charge on any atom is 0.256 e. The number of halogens is 2. The van der Waals surface area contributed by atoms with Crippen molar-refractivity contribution in [1.29, 1.82) is 5.26 Å². The molecule has 1 aliphatic rings. The molecule has 1 aromatic heterocycles. The second-order valence-corrected chi connectivity index (χ2v) is 5.84. The minimum atomic E-state index is -1.08. The van der Waals surface area contributed by atoms with Crippen molar-refractivity contribution in [2.75, 3.05) is 0 Å². The molecule has 3 N–H and O–H groups in total. The van der Waals surface area contributed by atoms with Crippen LogP contribution in [0.2, 0.25) is 0 Å². The third-order valence-corrected chi connectivity index (χ3v) is 4.36. The quantitative estimate of drug-likeness (QED) is 0.705. The fraction of sp³-hybridized carbons (Fsp3) is 0.0526. The Morgan fingerprint density at radius 2 is 1.92 bits per heavy atom. The molecule has 7 heteroatoms. The molecule has 0 spiro atoms. The van der Waals surface area contributed by atoms with E-state index >= 15 is 0 Å². The molecule has 1 unspecified atom stereocenters. The number of hydrogen-bond donors (Lipinski definition) is 2. The van der Waals surface area contributed by atoms with Crippen LogP contribution < -0.4 is 16.0 Å². The minimum Gasteiger partial charge on any atom is -0.439 e. The van der Waals surface area contributed by atoms with Gasteiger partial charge in [-0.3, -0.25) is 4.79 Å². The van der Waals surface area contributed by atoms with Gasteiger partial charge in [-0.2, -0.15) is 5.26 Å². The fourth-order valence-electron chi connectivity index (χ4n) is 3.20. The van der Waals surface area contributed by atoms with E-state index < -0.39 is 23.1 Å². The maximum atomic E-state index is 13.8. The molecule has 0 fully saturated rings. The molecular formula is C19H11F2N3O2. The third-order valence-electron chi connectivity index (χ3n) is 4.36. The second kappa shape index (κ2) is 5.70. The van der Waals surface area contributed by atoms with Gasteiger partial charge in [0.1, 0.15) is 17.4 Å². The van der Waals surface area contributed by atoms with Crippen molar-refractivity contribution in [3.8, 4) is 11.8 Å². The number of hydrogen-bond acceptors (Lipinski definition) is 4. The van der Waals surface area contributed by atoms with E-state index in [0.29, 0.717) is 10.9 Å². The summed E-state index contributed by atoms with van der Waals surface area (Å²) >= 11 is 0. The summed E-state index contributed by atoms with van der Waals surface area (Å²) in [5.41, 5.74) is 6.26. The predicted octanol–water partition coefficient (Wildman–Crippen LogP) is 3.02. The van der Waals surface area contributed by atoms with Crippen LogP contribution in [-0.2, 0) is 0 Å². The van der Waals surface area contributed by atoms with Crippen LogP contribution in [0.25, 0.3) is 10.9 Å².